The lowest BCUT2D eigenvalue weighted by molar-refractivity contribution is 0.444. The lowest BCUT2D eigenvalue weighted by Crippen LogP contribution is -2.17. The second kappa shape index (κ2) is 14.9. The van der Waals surface area contributed by atoms with E-state index in [1.807, 2.05) is 6.21 Å². The summed E-state index contributed by atoms with van der Waals surface area (Å²) in [4.78, 5) is 10.7. The van der Waals surface area contributed by atoms with Gasteiger partial charge in [-0.3, -0.25) is 4.99 Å². The van der Waals surface area contributed by atoms with Crippen LogP contribution in [0.5, 0.6) is 5.75 Å². The van der Waals surface area contributed by atoms with Gasteiger partial charge < -0.3 is 5.11 Å². The minimum atomic E-state index is -0.239. The summed E-state index contributed by atoms with van der Waals surface area (Å²) in [7, 11) is 0. The molecule has 0 fully saturated rings. The Morgan fingerprint density at radius 1 is 0.593 bits per heavy atom. The molecule has 4 heteroatoms. The Morgan fingerprint density at radius 2 is 1.20 bits per heavy atom. The molecule has 8 aromatic rings. The van der Waals surface area contributed by atoms with E-state index in [0.717, 1.165) is 59.5 Å². The maximum atomic E-state index is 11.7. The summed E-state index contributed by atoms with van der Waals surface area (Å²) in [5.41, 5.74) is 12.6. The van der Waals surface area contributed by atoms with E-state index in [0.29, 0.717) is 5.92 Å². The van der Waals surface area contributed by atoms with Gasteiger partial charge in [0, 0.05) is 33.9 Å². The number of phenolic OH excluding ortho intramolecular Hbond substituents is 1. The third-order valence-electron chi connectivity index (χ3n) is 11.7. The number of fused-ring (bicyclic) bond motifs is 3. The molecule has 0 radical (unpaired) electrons. The van der Waals surface area contributed by atoms with Gasteiger partial charge in [0.2, 0.25) is 0 Å². The number of hydrogen-bond donors (Lipinski definition) is 1. The Hall–Kier alpha value is -5.58. The van der Waals surface area contributed by atoms with Gasteiger partial charge in [-0.05, 0) is 108 Å². The highest BCUT2D eigenvalue weighted by molar-refractivity contribution is 7.21. The average molecular weight is 793 g/mol. The standard InChI is InChI=1S/C55H56N2OS/c1-33(2)34-16-18-35(19-17-34)37-20-21-39-27-40(23-22-38(39)26-37)46-29-43(54(6,7)8)31-48-50(46)57-52(59-48)45-25-24-36-14-12-13-15-44(36)49(45)56-32-41-28-42(53(3,4)5)30-47(51(41)58)55(9,10)11/h12-33,58H,1-11H3. The van der Waals surface area contributed by atoms with Gasteiger partial charge in [0.05, 0.1) is 15.9 Å². The van der Waals surface area contributed by atoms with Crippen molar-refractivity contribution < 1.29 is 5.11 Å². The number of phenols is 1. The fourth-order valence-corrected chi connectivity index (χ4v) is 8.97. The van der Waals surface area contributed by atoms with Crippen molar-refractivity contribution in [1.82, 2.24) is 4.98 Å². The summed E-state index contributed by atoms with van der Waals surface area (Å²) in [6.07, 6.45) is 1.85. The molecule has 0 saturated heterocycles. The van der Waals surface area contributed by atoms with Crippen LogP contribution in [0, 0.1) is 0 Å². The van der Waals surface area contributed by atoms with Crippen molar-refractivity contribution in [2.45, 2.75) is 98.3 Å². The van der Waals surface area contributed by atoms with E-state index in [2.05, 4.69) is 197 Å². The largest absolute Gasteiger partial charge is 0.507 e. The summed E-state index contributed by atoms with van der Waals surface area (Å²) in [6.45, 7) is 24.4. The van der Waals surface area contributed by atoms with Crippen LogP contribution in [0.3, 0.4) is 0 Å². The first-order valence-corrected chi connectivity index (χ1v) is 21.7. The molecule has 1 heterocycles. The molecule has 298 valence electrons. The Bertz CT molecular complexity index is 2910. The van der Waals surface area contributed by atoms with Crippen molar-refractivity contribution in [3.8, 4) is 38.6 Å². The van der Waals surface area contributed by atoms with Crippen molar-refractivity contribution >= 4 is 55.0 Å². The average Bonchev–Trinajstić information content (AvgIpc) is 3.62. The smallest absolute Gasteiger partial charge is 0.128 e. The van der Waals surface area contributed by atoms with Crippen LogP contribution >= 0.6 is 11.3 Å². The molecule has 0 atom stereocenters. The van der Waals surface area contributed by atoms with Gasteiger partial charge in [-0.1, -0.05) is 161 Å². The summed E-state index contributed by atoms with van der Waals surface area (Å²) in [5.74, 6) is 0.793. The molecule has 1 aromatic heterocycles. The fraction of sp³-hybridized carbons (Fsp3) is 0.273. The van der Waals surface area contributed by atoms with Crippen LogP contribution in [-0.2, 0) is 16.2 Å². The third kappa shape index (κ3) is 7.96. The van der Waals surface area contributed by atoms with Crippen LogP contribution in [0.4, 0.5) is 5.69 Å². The van der Waals surface area contributed by atoms with Crippen LogP contribution < -0.4 is 0 Å². The van der Waals surface area contributed by atoms with E-state index in [9.17, 15) is 5.11 Å². The van der Waals surface area contributed by atoms with Crippen molar-refractivity contribution in [3.63, 3.8) is 0 Å². The molecule has 0 bridgehead atoms. The van der Waals surface area contributed by atoms with Gasteiger partial charge in [-0.25, -0.2) is 4.98 Å². The van der Waals surface area contributed by atoms with E-state index in [4.69, 9.17) is 9.98 Å². The SMILES string of the molecule is CC(C)c1ccc(-c2ccc3cc(-c4cc(C(C)(C)C)cc5sc(-c6ccc7ccccc7c6N=Cc6cc(C(C)(C)C)cc(C(C)(C)C)c6O)nc45)ccc3c2)cc1. The lowest BCUT2D eigenvalue weighted by Gasteiger charge is -2.27. The number of nitrogens with zero attached hydrogens (tertiary/aromatic N) is 2. The highest BCUT2D eigenvalue weighted by atomic mass is 32.1. The number of aromatic hydroxyl groups is 1. The molecule has 0 unspecified atom stereocenters. The second-order valence-corrected chi connectivity index (χ2v) is 20.6. The molecule has 0 saturated carbocycles. The molecular formula is C55H56N2OS. The molecule has 3 nitrogen and oxygen atoms in total. The number of aromatic nitrogens is 1. The van der Waals surface area contributed by atoms with Gasteiger partial charge >= 0.3 is 0 Å². The molecule has 0 amide bonds. The summed E-state index contributed by atoms with van der Waals surface area (Å²) in [6, 6.07) is 44.2. The molecular weight excluding hydrogens is 737 g/mol. The minimum absolute atomic E-state index is 0.0577. The van der Waals surface area contributed by atoms with Crippen molar-refractivity contribution in [2.24, 2.45) is 4.99 Å². The number of hydrogen-bond acceptors (Lipinski definition) is 4. The highest BCUT2D eigenvalue weighted by Gasteiger charge is 2.25. The lowest BCUT2D eigenvalue weighted by atomic mass is 9.79. The van der Waals surface area contributed by atoms with Crippen LogP contribution in [0.25, 0.3) is 64.6 Å². The third-order valence-corrected chi connectivity index (χ3v) is 12.7. The van der Waals surface area contributed by atoms with Gasteiger partial charge in [0.1, 0.15) is 10.8 Å². The Labute approximate surface area is 354 Å². The topological polar surface area (TPSA) is 45.5 Å². The molecule has 0 aliphatic rings. The normalized spacial score (nSPS) is 12.8. The zero-order valence-electron chi connectivity index (χ0n) is 36.5. The first-order valence-electron chi connectivity index (χ1n) is 20.9. The summed E-state index contributed by atoms with van der Waals surface area (Å²) < 4.78 is 1.15. The van der Waals surface area contributed by atoms with E-state index >= 15 is 0 Å². The Balaban J connectivity index is 1.26. The number of benzene rings is 7. The van der Waals surface area contributed by atoms with Crippen LogP contribution in [0.2, 0.25) is 0 Å². The number of aliphatic imine (C=N–C) groups is 1. The first-order chi connectivity index (χ1) is 27.8. The fourth-order valence-electron chi connectivity index (χ4n) is 7.91. The monoisotopic (exact) mass is 792 g/mol. The maximum Gasteiger partial charge on any atom is 0.128 e. The van der Waals surface area contributed by atoms with E-state index in [-0.39, 0.29) is 22.0 Å². The van der Waals surface area contributed by atoms with Gasteiger partial charge in [-0.2, -0.15) is 0 Å². The maximum absolute atomic E-state index is 11.7. The van der Waals surface area contributed by atoms with Gasteiger partial charge in [0.15, 0.2) is 0 Å². The Kier molecular flexibility index (Phi) is 10.2. The zero-order valence-corrected chi connectivity index (χ0v) is 37.3. The highest BCUT2D eigenvalue weighted by Crippen LogP contribution is 2.45. The second-order valence-electron chi connectivity index (χ2n) is 19.6. The number of rotatable bonds is 6. The molecule has 59 heavy (non-hydrogen) atoms. The van der Waals surface area contributed by atoms with Crippen LogP contribution in [0.1, 0.15) is 110 Å². The zero-order chi connectivity index (χ0) is 42.0. The quantitative estimate of drug-likeness (QED) is 0.170. The van der Waals surface area contributed by atoms with E-state index in [1.165, 1.54) is 38.6 Å². The van der Waals surface area contributed by atoms with E-state index in [1.54, 1.807) is 11.3 Å². The summed E-state index contributed by atoms with van der Waals surface area (Å²) >= 11 is 1.72. The Morgan fingerprint density at radius 3 is 1.86 bits per heavy atom. The van der Waals surface area contributed by atoms with Crippen LogP contribution in [-0.4, -0.2) is 16.3 Å². The molecule has 0 aliphatic heterocycles. The van der Waals surface area contributed by atoms with Crippen molar-refractivity contribution in [1.29, 1.82) is 0 Å². The van der Waals surface area contributed by atoms with Crippen LogP contribution in [0.15, 0.2) is 126 Å². The van der Waals surface area contributed by atoms with Crippen molar-refractivity contribution in [2.75, 3.05) is 0 Å². The molecule has 0 spiro atoms. The predicted molar refractivity (Wildman–Crippen MR) is 256 cm³/mol. The first kappa shape index (κ1) is 40.2. The van der Waals surface area contributed by atoms with Gasteiger partial charge in [-0.15, -0.1) is 11.3 Å². The van der Waals surface area contributed by atoms with Crippen molar-refractivity contribution in [3.05, 3.63) is 149 Å². The van der Waals surface area contributed by atoms with Gasteiger partial charge in [0.25, 0.3) is 0 Å². The van der Waals surface area contributed by atoms with E-state index < -0.39 is 0 Å². The summed E-state index contributed by atoms with van der Waals surface area (Å²) in [5, 5.41) is 17.2. The molecule has 1 N–H and O–H groups in total. The minimum Gasteiger partial charge on any atom is -0.507 e. The molecule has 7 aromatic carbocycles. The predicted octanol–water partition coefficient (Wildman–Crippen LogP) is 16.1. The molecule has 8 rings (SSSR count). The number of thiazole rings is 1. The molecule has 0 aliphatic carbocycles.